The van der Waals surface area contributed by atoms with Gasteiger partial charge in [-0.15, -0.1) is 0 Å². The van der Waals surface area contributed by atoms with Gasteiger partial charge < -0.3 is 9.64 Å². The molecule has 0 fully saturated rings. The molecule has 1 aromatic rings. The summed E-state index contributed by atoms with van der Waals surface area (Å²) in [6.45, 7) is 2.71. The van der Waals surface area contributed by atoms with E-state index in [1.807, 2.05) is 6.92 Å². The Kier molecular flexibility index (Phi) is 5.06. The van der Waals surface area contributed by atoms with E-state index in [1.54, 1.807) is 11.0 Å². The first-order chi connectivity index (χ1) is 8.19. The second kappa shape index (κ2) is 6.57. The predicted molar refractivity (Wildman–Crippen MR) is 60.2 cm³/mol. The summed E-state index contributed by atoms with van der Waals surface area (Å²) in [6, 6.07) is 1.59. The number of rotatable bonds is 5. The quantitative estimate of drug-likeness (QED) is 0.697. The molecule has 0 radical (unpaired) electrons. The summed E-state index contributed by atoms with van der Waals surface area (Å²) < 4.78 is 4.53. The number of carbonyl (C=O) groups is 2. The van der Waals surface area contributed by atoms with Gasteiger partial charge in [-0.3, -0.25) is 9.59 Å². The maximum atomic E-state index is 12.0. The normalized spacial score (nSPS) is 9.76. The molecule has 0 N–H and O–H groups in total. The van der Waals surface area contributed by atoms with Crippen molar-refractivity contribution in [2.45, 2.75) is 13.3 Å². The van der Waals surface area contributed by atoms with Crippen molar-refractivity contribution in [1.29, 1.82) is 0 Å². The molecule has 6 heteroatoms. The van der Waals surface area contributed by atoms with Gasteiger partial charge in [-0.2, -0.15) is 10.2 Å². The molecule has 0 spiro atoms. The molecule has 0 saturated heterocycles. The van der Waals surface area contributed by atoms with Crippen LogP contribution in [0.5, 0.6) is 0 Å². The lowest BCUT2D eigenvalue weighted by atomic mass is 10.2. The highest BCUT2D eigenvalue weighted by molar-refractivity contribution is 5.93. The Labute approximate surface area is 99.6 Å². The van der Waals surface area contributed by atoms with E-state index < -0.39 is 0 Å². The lowest BCUT2D eigenvalue weighted by Crippen LogP contribution is -2.33. The standard InChI is InChI=1S/C11H15N3O3/c1-3-14(7-5-10(15)17-2)11(16)9-4-6-12-13-8-9/h4,6,8H,3,5,7H2,1-2H3. The van der Waals surface area contributed by atoms with Crippen LogP contribution in [0, 0.1) is 0 Å². The largest absolute Gasteiger partial charge is 0.469 e. The third-order valence-corrected chi connectivity index (χ3v) is 2.31. The molecule has 0 bridgehead atoms. The van der Waals surface area contributed by atoms with Crippen molar-refractivity contribution in [3.63, 3.8) is 0 Å². The van der Waals surface area contributed by atoms with E-state index in [9.17, 15) is 9.59 Å². The fraction of sp³-hybridized carbons (Fsp3) is 0.455. The average molecular weight is 237 g/mol. The van der Waals surface area contributed by atoms with Crippen LogP contribution in [0.2, 0.25) is 0 Å². The zero-order chi connectivity index (χ0) is 12.7. The fourth-order valence-corrected chi connectivity index (χ4v) is 1.33. The number of hydrogen-bond acceptors (Lipinski definition) is 5. The van der Waals surface area contributed by atoms with Gasteiger partial charge in [0, 0.05) is 13.1 Å². The van der Waals surface area contributed by atoms with Crippen LogP contribution in [-0.2, 0) is 9.53 Å². The molecular weight excluding hydrogens is 222 g/mol. The molecule has 17 heavy (non-hydrogen) atoms. The van der Waals surface area contributed by atoms with E-state index in [1.165, 1.54) is 19.5 Å². The first kappa shape index (κ1) is 13.1. The first-order valence-corrected chi connectivity index (χ1v) is 5.31. The van der Waals surface area contributed by atoms with Gasteiger partial charge in [0.2, 0.25) is 0 Å². The van der Waals surface area contributed by atoms with E-state index in [2.05, 4.69) is 14.9 Å². The van der Waals surface area contributed by atoms with Crippen LogP contribution >= 0.6 is 0 Å². The number of amides is 1. The molecule has 0 atom stereocenters. The second-order valence-electron chi connectivity index (χ2n) is 3.34. The highest BCUT2D eigenvalue weighted by Crippen LogP contribution is 2.03. The van der Waals surface area contributed by atoms with Crippen molar-refractivity contribution in [2.75, 3.05) is 20.2 Å². The molecule has 6 nitrogen and oxygen atoms in total. The number of ether oxygens (including phenoxy) is 1. The second-order valence-corrected chi connectivity index (χ2v) is 3.34. The minimum atomic E-state index is -0.330. The molecule has 92 valence electrons. The van der Waals surface area contributed by atoms with E-state index in [0.29, 0.717) is 18.7 Å². The summed E-state index contributed by atoms with van der Waals surface area (Å²) in [4.78, 5) is 24.6. The highest BCUT2D eigenvalue weighted by Gasteiger charge is 2.15. The topological polar surface area (TPSA) is 72.4 Å². The van der Waals surface area contributed by atoms with Gasteiger partial charge in [0.25, 0.3) is 5.91 Å². The Bertz CT molecular complexity index is 381. The molecule has 0 aromatic carbocycles. The fourth-order valence-electron chi connectivity index (χ4n) is 1.33. The van der Waals surface area contributed by atoms with Crippen LogP contribution < -0.4 is 0 Å². The van der Waals surface area contributed by atoms with Gasteiger partial charge in [0.05, 0.1) is 31.5 Å². The lowest BCUT2D eigenvalue weighted by molar-refractivity contribution is -0.140. The summed E-state index contributed by atoms with van der Waals surface area (Å²) in [5, 5.41) is 7.25. The molecule has 0 aliphatic rings. The molecule has 1 amide bonds. The van der Waals surface area contributed by atoms with Gasteiger partial charge in [-0.05, 0) is 13.0 Å². The van der Waals surface area contributed by atoms with Crippen LogP contribution in [-0.4, -0.2) is 47.2 Å². The number of methoxy groups -OCH3 is 1. The molecule has 1 aromatic heterocycles. The van der Waals surface area contributed by atoms with Crippen LogP contribution in [0.1, 0.15) is 23.7 Å². The SMILES string of the molecule is CCN(CCC(=O)OC)C(=O)c1ccnnc1. The molecule has 0 unspecified atom stereocenters. The summed E-state index contributed by atoms with van der Waals surface area (Å²) in [6.07, 6.45) is 3.05. The third kappa shape index (κ3) is 3.82. The van der Waals surface area contributed by atoms with Crippen LogP contribution in [0.25, 0.3) is 0 Å². The molecule has 0 aliphatic heterocycles. The number of carbonyl (C=O) groups excluding carboxylic acids is 2. The van der Waals surface area contributed by atoms with Crippen LogP contribution in [0.4, 0.5) is 0 Å². The van der Waals surface area contributed by atoms with E-state index in [0.717, 1.165) is 0 Å². The zero-order valence-electron chi connectivity index (χ0n) is 9.92. The van der Waals surface area contributed by atoms with Crippen molar-refractivity contribution in [1.82, 2.24) is 15.1 Å². The van der Waals surface area contributed by atoms with Gasteiger partial charge in [-0.1, -0.05) is 0 Å². The zero-order valence-corrected chi connectivity index (χ0v) is 9.92. The number of nitrogens with zero attached hydrogens (tertiary/aromatic N) is 3. The van der Waals surface area contributed by atoms with Gasteiger partial charge in [0.15, 0.2) is 0 Å². The smallest absolute Gasteiger partial charge is 0.307 e. The highest BCUT2D eigenvalue weighted by atomic mass is 16.5. The third-order valence-electron chi connectivity index (χ3n) is 2.31. The van der Waals surface area contributed by atoms with Crippen molar-refractivity contribution in [3.8, 4) is 0 Å². The predicted octanol–water partition coefficient (Wildman–Crippen LogP) is 0.502. The van der Waals surface area contributed by atoms with Gasteiger partial charge >= 0.3 is 5.97 Å². The Morgan fingerprint density at radius 1 is 1.41 bits per heavy atom. The average Bonchev–Trinajstić information content (AvgIpc) is 2.39. The van der Waals surface area contributed by atoms with Crippen molar-refractivity contribution in [2.24, 2.45) is 0 Å². The molecule has 1 heterocycles. The van der Waals surface area contributed by atoms with Crippen molar-refractivity contribution >= 4 is 11.9 Å². The molecule has 0 saturated carbocycles. The van der Waals surface area contributed by atoms with Crippen molar-refractivity contribution in [3.05, 3.63) is 24.0 Å². The Hall–Kier alpha value is -1.98. The Morgan fingerprint density at radius 3 is 2.71 bits per heavy atom. The van der Waals surface area contributed by atoms with Crippen LogP contribution in [0.3, 0.4) is 0 Å². The number of hydrogen-bond donors (Lipinski definition) is 0. The van der Waals surface area contributed by atoms with Gasteiger partial charge in [0.1, 0.15) is 0 Å². The molecular formula is C11H15N3O3. The Morgan fingerprint density at radius 2 is 2.18 bits per heavy atom. The number of aromatic nitrogens is 2. The minimum Gasteiger partial charge on any atom is -0.469 e. The van der Waals surface area contributed by atoms with Crippen molar-refractivity contribution < 1.29 is 14.3 Å². The molecule has 1 rings (SSSR count). The minimum absolute atomic E-state index is 0.161. The summed E-state index contributed by atoms with van der Waals surface area (Å²) >= 11 is 0. The lowest BCUT2D eigenvalue weighted by Gasteiger charge is -2.19. The van der Waals surface area contributed by atoms with Gasteiger partial charge in [-0.25, -0.2) is 0 Å². The first-order valence-electron chi connectivity index (χ1n) is 5.31. The monoisotopic (exact) mass is 237 g/mol. The van der Waals surface area contributed by atoms with Crippen LogP contribution in [0.15, 0.2) is 18.5 Å². The maximum absolute atomic E-state index is 12.0. The summed E-state index contributed by atoms with van der Waals surface area (Å²) in [7, 11) is 1.33. The molecule has 0 aliphatic carbocycles. The maximum Gasteiger partial charge on any atom is 0.307 e. The van der Waals surface area contributed by atoms with E-state index in [-0.39, 0.29) is 18.3 Å². The Balaban J connectivity index is 2.62. The van der Waals surface area contributed by atoms with E-state index in [4.69, 9.17) is 0 Å². The summed E-state index contributed by atoms with van der Waals surface area (Å²) in [5.74, 6) is -0.490. The van der Waals surface area contributed by atoms with E-state index >= 15 is 0 Å². The summed E-state index contributed by atoms with van der Waals surface area (Å²) in [5.41, 5.74) is 0.465. The number of esters is 1.